The van der Waals surface area contributed by atoms with E-state index in [0.717, 1.165) is 19.0 Å². The molecule has 0 aliphatic carbocycles. The smallest absolute Gasteiger partial charge is 0.127 e. The highest BCUT2D eigenvalue weighted by Gasteiger charge is 2.17. The number of benzene rings is 1. The van der Waals surface area contributed by atoms with Gasteiger partial charge in [-0.25, -0.2) is 4.39 Å². The van der Waals surface area contributed by atoms with Crippen molar-refractivity contribution in [3.63, 3.8) is 0 Å². The van der Waals surface area contributed by atoms with Crippen LogP contribution in [0.4, 0.5) is 4.39 Å². The molecule has 1 aromatic carbocycles. The normalized spacial score (nSPS) is 20.8. The lowest BCUT2D eigenvalue weighted by molar-refractivity contribution is 0.268. The van der Waals surface area contributed by atoms with Crippen LogP contribution in [0.3, 0.4) is 0 Å². The van der Waals surface area contributed by atoms with E-state index in [4.69, 9.17) is 5.26 Å². The molecule has 19 heavy (non-hydrogen) atoms. The van der Waals surface area contributed by atoms with Gasteiger partial charge in [0.25, 0.3) is 0 Å². The van der Waals surface area contributed by atoms with Crippen LogP contribution in [0.1, 0.15) is 43.7 Å². The van der Waals surface area contributed by atoms with Gasteiger partial charge < -0.3 is 0 Å². The molecule has 102 valence electrons. The van der Waals surface area contributed by atoms with Crippen molar-refractivity contribution in [2.75, 3.05) is 13.1 Å². The Morgan fingerprint density at radius 3 is 2.95 bits per heavy atom. The summed E-state index contributed by atoms with van der Waals surface area (Å²) in [7, 11) is 0. The molecule has 1 aliphatic heterocycles. The summed E-state index contributed by atoms with van der Waals surface area (Å²) in [4.78, 5) is 2.31. The first-order chi connectivity index (χ1) is 9.22. The molecule has 1 aliphatic rings. The number of nitrogens with zero attached hydrogens (tertiary/aromatic N) is 2. The van der Waals surface area contributed by atoms with E-state index < -0.39 is 0 Å². The van der Waals surface area contributed by atoms with E-state index in [1.807, 2.05) is 0 Å². The van der Waals surface area contributed by atoms with E-state index in [9.17, 15) is 4.39 Å². The molecule has 0 aromatic heterocycles. The van der Waals surface area contributed by atoms with E-state index in [0.29, 0.717) is 17.7 Å². The topological polar surface area (TPSA) is 27.0 Å². The standard InChI is InChI=1S/C16H21FN2/c1-2-13-4-3-8-19(9-7-13)12-15-10-14(11-18)5-6-16(15)17/h5-6,10,13H,2-4,7-9,12H2,1H3. The average Bonchev–Trinajstić information content (AvgIpc) is 2.66. The zero-order chi connectivity index (χ0) is 13.7. The van der Waals surface area contributed by atoms with E-state index in [1.54, 1.807) is 6.07 Å². The summed E-state index contributed by atoms with van der Waals surface area (Å²) in [5.41, 5.74) is 1.19. The molecule has 0 bridgehead atoms. The minimum absolute atomic E-state index is 0.199. The first-order valence-corrected chi connectivity index (χ1v) is 7.13. The van der Waals surface area contributed by atoms with Gasteiger partial charge in [0.2, 0.25) is 0 Å². The molecule has 3 heteroatoms. The Bertz CT molecular complexity index is 464. The molecule has 2 rings (SSSR count). The third-order valence-corrected chi connectivity index (χ3v) is 4.09. The maximum atomic E-state index is 13.8. The largest absolute Gasteiger partial charge is 0.299 e. The van der Waals surface area contributed by atoms with E-state index >= 15 is 0 Å². The second-order valence-electron chi connectivity index (χ2n) is 5.40. The molecule has 1 unspecified atom stereocenters. The highest BCUT2D eigenvalue weighted by molar-refractivity contribution is 5.33. The predicted octanol–water partition coefficient (Wildman–Crippen LogP) is 3.71. The summed E-state index contributed by atoms with van der Waals surface area (Å²) >= 11 is 0. The van der Waals surface area contributed by atoms with Crippen LogP contribution in [-0.4, -0.2) is 18.0 Å². The van der Waals surface area contributed by atoms with Crippen molar-refractivity contribution in [2.45, 2.75) is 39.2 Å². The molecular weight excluding hydrogens is 239 g/mol. The highest BCUT2D eigenvalue weighted by Crippen LogP contribution is 2.22. The fraction of sp³-hybridized carbons (Fsp3) is 0.562. The quantitative estimate of drug-likeness (QED) is 0.828. The van der Waals surface area contributed by atoms with Crippen molar-refractivity contribution in [1.29, 1.82) is 5.26 Å². The number of rotatable bonds is 3. The van der Waals surface area contributed by atoms with Crippen molar-refractivity contribution in [2.24, 2.45) is 5.92 Å². The van der Waals surface area contributed by atoms with Gasteiger partial charge in [-0.05, 0) is 56.5 Å². The molecule has 0 radical (unpaired) electrons. The van der Waals surface area contributed by atoms with Crippen molar-refractivity contribution < 1.29 is 4.39 Å². The molecule has 0 saturated carbocycles. The van der Waals surface area contributed by atoms with Gasteiger partial charge in [0.1, 0.15) is 5.82 Å². The Labute approximate surface area is 114 Å². The van der Waals surface area contributed by atoms with Crippen molar-refractivity contribution in [3.8, 4) is 6.07 Å². The molecule has 0 spiro atoms. The third-order valence-electron chi connectivity index (χ3n) is 4.09. The molecule has 1 heterocycles. The van der Waals surface area contributed by atoms with Gasteiger partial charge in [0.05, 0.1) is 11.6 Å². The maximum absolute atomic E-state index is 13.8. The monoisotopic (exact) mass is 260 g/mol. The minimum Gasteiger partial charge on any atom is -0.299 e. The lowest BCUT2D eigenvalue weighted by atomic mass is 9.98. The fourth-order valence-corrected chi connectivity index (χ4v) is 2.80. The first-order valence-electron chi connectivity index (χ1n) is 7.13. The minimum atomic E-state index is -0.199. The number of nitriles is 1. The Balaban J connectivity index is 2.03. The van der Waals surface area contributed by atoms with Gasteiger partial charge in [-0.2, -0.15) is 5.26 Å². The number of hydrogen-bond acceptors (Lipinski definition) is 2. The van der Waals surface area contributed by atoms with Crippen LogP contribution in [0.15, 0.2) is 18.2 Å². The first kappa shape index (κ1) is 14.0. The van der Waals surface area contributed by atoms with E-state index in [1.165, 1.54) is 37.8 Å². The van der Waals surface area contributed by atoms with Crippen LogP contribution in [0.5, 0.6) is 0 Å². The lowest BCUT2D eigenvalue weighted by Gasteiger charge is -2.20. The number of hydrogen-bond donors (Lipinski definition) is 0. The van der Waals surface area contributed by atoms with Crippen LogP contribution in [0, 0.1) is 23.1 Å². The summed E-state index contributed by atoms with van der Waals surface area (Å²) in [5, 5.41) is 8.88. The zero-order valence-corrected chi connectivity index (χ0v) is 11.5. The van der Waals surface area contributed by atoms with E-state index in [2.05, 4.69) is 17.9 Å². The van der Waals surface area contributed by atoms with Gasteiger partial charge >= 0.3 is 0 Å². The van der Waals surface area contributed by atoms with Crippen molar-refractivity contribution >= 4 is 0 Å². The summed E-state index contributed by atoms with van der Waals surface area (Å²) in [6, 6.07) is 6.69. The second kappa shape index (κ2) is 6.68. The summed E-state index contributed by atoms with van der Waals surface area (Å²) in [6.45, 7) is 4.94. The molecule has 1 fully saturated rings. The number of halogens is 1. The number of likely N-dealkylation sites (tertiary alicyclic amines) is 1. The average molecular weight is 260 g/mol. The molecular formula is C16H21FN2. The van der Waals surface area contributed by atoms with Gasteiger partial charge in [0, 0.05) is 12.1 Å². The Morgan fingerprint density at radius 2 is 2.21 bits per heavy atom. The predicted molar refractivity (Wildman–Crippen MR) is 74.0 cm³/mol. The van der Waals surface area contributed by atoms with E-state index in [-0.39, 0.29) is 5.82 Å². The molecule has 0 N–H and O–H groups in total. The Morgan fingerprint density at radius 1 is 1.37 bits per heavy atom. The lowest BCUT2D eigenvalue weighted by Crippen LogP contribution is -2.24. The summed E-state index contributed by atoms with van der Waals surface area (Å²) < 4.78 is 13.8. The highest BCUT2D eigenvalue weighted by atomic mass is 19.1. The van der Waals surface area contributed by atoms with Crippen LogP contribution in [0.25, 0.3) is 0 Å². The van der Waals surface area contributed by atoms with Crippen LogP contribution < -0.4 is 0 Å². The summed E-state index contributed by atoms with van der Waals surface area (Å²) in [6.07, 6.45) is 4.92. The van der Waals surface area contributed by atoms with Crippen LogP contribution in [0.2, 0.25) is 0 Å². The summed E-state index contributed by atoms with van der Waals surface area (Å²) in [5.74, 6) is 0.621. The molecule has 1 saturated heterocycles. The third kappa shape index (κ3) is 3.78. The zero-order valence-electron chi connectivity index (χ0n) is 11.5. The van der Waals surface area contributed by atoms with Crippen molar-refractivity contribution in [3.05, 3.63) is 35.1 Å². The van der Waals surface area contributed by atoms with Gasteiger partial charge in [-0.1, -0.05) is 13.3 Å². The van der Waals surface area contributed by atoms with Crippen LogP contribution in [-0.2, 0) is 6.54 Å². The Hall–Kier alpha value is -1.40. The second-order valence-corrected chi connectivity index (χ2v) is 5.40. The molecule has 1 atom stereocenters. The Kier molecular flexibility index (Phi) is 4.93. The molecule has 1 aromatic rings. The maximum Gasteiger partial charge on any atom is 0.127 e. The molecule has 0 amide bonds. The van der Waals surface area contributed by atoms with Gasteiger partial charge in [-0.3, -0.25) is 4.90 Å². The SMILES string of the molecule is CCC1CCCN(Cc2cc(C#N)ccc2F)CC1. The van der Waals surface area contributed by atoms with Gasteiger partial charge in [-0.15, -0.1) is 0 Å². The fourth-order valence-electron chi connectivity index (χ4n) is 2.80. The molecule has 2 nitrogen and oxygen atoms in total. The van der Waals surface area contributed by atoms with Crippen LogP contribution >= 0.6 is 0 Å². The van der Waals surface area contributed by atoms with Crippen molar-refractivity contribution in [1.82, 2.24) is 4.90 Å². The van der Waals surface area contributed by atoms with Gasteiger partial charge in [0.15, 0.2) is 0 Å².